The lowest BCUT2D eigenvalue weighted by Gasteiger charge is -2.07. The van der Waals surface area contributed by atoms with Crippen LogP contribution in [0.1, 0.15) is 25.7 Å². The van der Waals surface area contributed by atoms with Crippen LogP contribution in [0.4, 0.5) is 0 Å². The Morgan fingerprint density at radius 2 is 2.00 bits per heavy atom. The lowest BCUT2D eigenvalue weighted by atomic mass is 10.2. The fraction of sp³-hybridized carbons (Fsp3) is 0.833. The zero-order valence-electron chi connectivity index (χ0n) is 5.77. The normalized spacial score (nSPS) is 19.7. The molecule has 1 heterocycles. The van der Waals surface area contributed by atoms with Gasteiger partial charge in [0.25, 0.3) is 0 Å². The summed E-state index contributed by atoms with van der Waals surface area (Å²) >= 11 is 5.56. The topological polar surface area (TPSA) is 51.8 Å². The Morgan fingerprint density at radius 1 is 1.30 bits per heavy atom. The van der Waals surface area contributed by atoms with Gasteiger partial charge in [0.15, 0.2) is 0 Å². The second-order valence-corrected chi connectivity index (χ2v) is 2.70. The third-order valence-electron chi connectivity index (χ3n) is 1.52. The van der Waals surface area contributed by atoms with E-state index in [0.29, 0.717) is 6.42 Å². The Hall–Kier alpha value is -0.280. The number of halogens is 1. The molecule has 2 N–H and O–H groups in total. The summed E-state index contributed by atoms with van der Waals surface area (Å²) in [6, 6.07) is 0. The molecule has 0 spiro atoms. The lowest BCUT2D eigenvalue weighted by molar-refractivity contribution is -0.126. The van der Waals surface area contributed by atoms with Crippen molar-refractivity contribution in [1.82, 2.24) is 4.42 Å². The van der Waals surface area contributed by atoms with E-state index in [9.17, 15) is 4.79 Å². The second-order valence-electron chi connectivity index (χ2n) is 2.29. The monoisotopic (exact) mass is 165 g/mol. The maximum Gasteiger partial charge on any atom is 0.236 e. The van der Waals surface area contributed by atoms with Gasteiger partial charge in [0, 0.05) is 24.7 Å². The van der Waals surface area contributed by atoms with Gasteiger partial charge in [0.05, 0.1) is 0 Å². The van der Waals surface area contributed by atoms with Gasteiger partial charge in [-0.2, -0.15) is 0 Å². The average molecular weight is 166 g/mol. The van der Waals surface area contributed by atoms with Crippen molar-refractivity contribution >= 4 is 17.7 Å². The van der Waals surface area contributed by atoms with Gasteiger partial charge < -0.3 is 5.48 Å². The van der Waals surface area contributed by atoms with Crippen LogP contribution in [0, 0.1) is 0 Å². The molecule has 1 fully saturated rings. The summed E-state index contributed by atoms with van der Waals surface area (Å²) in [5.41, 5.74) is 0. The highest BCUT2D eigenvalue weighted by atomic mass is 35.5. The Balaban J connectivity index is 0.000000810. The van der Waals surface area contributed by atoms with Crippen LogP contribution in [-0.2, 0) is 4.79 Å². The molecule has 1 amide bonds. The highest BCUT2D eigenvalue weighted by molar-refractivity contribution is 6.21. The first-order valence-corrected chi connectivity index (χ1v) is 3.60. The number of nitrogens with zero attached hydrogens (tertiary/aromatic N) is 1. The van der Waals surface area contributed by atoms with E-state index in [2.05, 4.69) is 0 Å². The number of hydrogen-bond donors (Lipinski definition) is 0. The molecule has 0 saturated carbocycles. The number of rotatable bonds is 0. The fourth-order valence-corrected chi connectivity index (χ4v) is 1.15. The van der Waals surface area contributed by atoms with Crippen LogP contribution in [0.2, 0.25) is 0 Å². The van der Waals surface area contributed by atoms with Crippen LogP contribution in [-0.4, -0.2) is 22.3 Å². The van der Waals surface area contributed by atoms with Crippen LogP contribution >= 0.6 is 11.8 Å². The maximum absolute atomic E-state index is 10.8. The third kappa shape index (κ3) is 2.54. The third-order valence-corrected chi connectivity index (χ3v) is 1.87. The number of carbonyl (C=O) groups is 1. The number of carbonyl (C=O) groups excluding carboxylic acids is 1. The molecule has 0 bridgehead atoms. The summed E-state index contributed by atoms with van der Waals surface area (Å²) < 4.78 is 1.30. The Kier molecular flexibility index (Phi) is 4.40. The predicted octanol–water partition coefficient (Wildman–Crippen LogP) is 0.718. The van der Waals surface area contributed by atoms with Gasteiger partial charge in [0.1, 0.15) is 0 Å². The molecular weight excluding hydrogens is 154 g/mol. The largest absolute Gasteiger partial charge is 0.412 e. The predicted molar refractivity (Wildman–Crippen MR) is 39.6 cm³/mol. The van der Waals surface area contributed by atoms with Crippen molar-refractivity contribution in [2.75, 3.05) is 6.54 Å². The first-order chi connectivity index (χ1) is 4.30. The second kappa shape index (κ2) is 4.52. The van der Waals surface area contributed by atoms with E-state index in [-0.39, 0.29) is 11.4 Å². The van der Waals surface area contributed by atoms with Crippen molar-refractivity contribution in [3.05, 3.63) is 0 Å². The SMILES string of the molecule is O.O=C1CCCCCN1Cl. The molecule has 0 aromatic heterocycles. The van der Waals surface area contributed by atoms with E-state index >= 15 is 0 Å². The maximum atomic E-state index is 10.8. The summed E-state index contributed by atoms with van der Waals surface area (Å²) in [6.07, 6.45) is 3.82. The van der Waals surface area contributed by atoms with Crippen LogP contribution in [0.25, 0.3) is 0 Å². The van der Waals surface area contributed by atoms with Crippen molar-refractivity contribution in [2.45, 2.75) is 25.7 Å². The van der Waals surface area contributed by atoms with Crippen molar-refractivity contribution in [3.63, 3.8) is 0 Å². The fourth-order valence-electron chi connectivity index (χ4n) is 0.950. The quantitative estimate of drug-likeness (QED) is 0.488. The summed E-state index contributed by atoms with van der Waals surface area (Å²) in [5.74, 6) is 0.0779. The summed E-state index contributed by atoms with van der Waals surface area (Å²) in [4.78, 5) is 10.8. The van der Waals surface area contributed by atoms with Crippen molar-refractivity contribution in [1.29, 1.82) is 0 Å². The van der Waals surface area contributed by atoms with E-state index in [0.717, 1.165) is 25.8 Å². The minimum absolute atomic E-state index is 0. The standard InChI is InChI=1S/C6H10ClNO.H2O/c7-8-5-3-1-2-4-6(8)9;/h1-5H2;1H2. The molecule has 1 aliphatic heterocycles. The van der Waals surface area contributed by atoms with Gasteiger partial charge in [-0.1, -0.05) is 6.42 Å². The van der Waals surface area contributed by atoms with E-state index in [4.69, 9.17) is 11.8 Å². The van der Waals surface area contributed by atoms with Gasteiger partial charge in [0.2, 0.25) is 5.91 Å². The minimum atomic E-state index is 0. The molecule has 1 aliphatic rings. The van der Waals surface area contributed by atoms with Crippen molar-refractivity contribution in [3.8, 4) is 0 Å². The van der Waals surface area contributed by atoms with E-state index in [1.54, 1.807) is 0 Å². The minimum Gasteiger partial charge on any atom is -0.412 e. The Morgan fingerprint density at radius 3 is 2.70 bits per heavy atom. The van der Waals surface area contributed by atoms with E-state index in [1.165, 1.54) is 4.42 Å². The highest BCUT2D eigenvalue weighted by Gasteiger charge is 2.13. The van der Waals surface area contributed by atoms with E-state index in [1.807, 2.05) is 0 Å². The summed E-state index contributed by atoms with van der Waals surface area (Å²) in [6.45, 7) is 0.723. The molecule has 0 atom stereocenters. The van der Waals surface area contributed by atoms with Crippen LogP contribution < -0.4 is 0 Å². The molecular formula is C6H12ClNO2. The number of hydrogen-bond acceptors (Lipinski definition) is 1. The molecule has 0 unspecified atom stereocenters. The molecule has 1 saturated heterocycles. The molecule has 0 radical (unpaired) electrons. The van der Waals surface area contributed by atoms with Gasteiger partial charge in [-0.05, 0) is 12.8 Å². The molecule has 1 rings (SSSR count). The highest BCUT2D eigenvalue weighted by Crippen LogP contribution is 2.11. The number of amides is 1. The van der Waals surface area contributed by atoms with Gasteiger partial charge in [-0.3, -0.25) is 9.21 Å². The molecule has 0 aromatic rings. The smallest absolute Gasteiger partial charge is 0.236 e. The molecule has 3 nitrogen and oxygen atoms in total. The van der Waals surface area contributed by atoms with Crippen LogP contribution in [0.3, 0.4) is 0 Å². The van der Waals surface area contributed by atoms with E-state index < -0.39 is 0 Å². The zero-order chi connectivity index (χ0) is 6.69. The first kappa shape index (κ1) is 9.72. The zero-order valence-corrected chi connectivity index (χ0v) is 6.52. The van der Waals surface area contributed by atoms with Crippen molar-refractivity contribution in [2.24, 2.45) is 0 Å². The molecule has 10 heavy (non-hydrogen) atoms. The van der Waals surface area contributed by atoms with Gasteiger partial charge in [-0.25, -0.2) is 0 Å². The lowest BCUT2D eigenvalue weighted by Crippen LogP contribution is -2.19. The molecule has 0 aromatic carbocycles. The first-order valence-electron chi connectivity index (χ1n) is 3.27. The molecule has 4 heteroatoms. The Labute approximate surface area is 65.4 Å². The van der Waals surface area contributed by atoms with Crippen LogP contribution in [0.5, 0.6) is 0 Å². The van der Waals surface area contributed by atoms with Crippen molar-refractivity contribution < 1.29 is 10.3 Å². The van der Waals surface area contributed by atoms with Gasteiger partial charge >= 0.3 is 0 Å². The summed E-state index contributed by atoms with van der Waals surface area (Å²) in [7, 11) is 0. The molecule has 0 aliphatic carbocycles. The van der Waals surface area contributed by atoms with Gasteiger partial charge in [-0.15, -0.1) is 0 Å². The summed E-state index contributed by atoms with van der Waals surface area (Å²) in [5, 5.41) is 0. The van der Waals surface area contributed by atoms with Crippen LogP contribution in [0.15, 0.2) is 0 Å². The Bertz CT molecular complexity index is 118. The molecule has 60 valence electrons. The average Bonchev–Trinajstić information content (AvgIpc) is 1.99.